The van der Waals surface area contributed by atoms with E-state index in [0.717, 1.165) is 0 Å². The molecule has 0 aliphatic carbocycles. The van der Waals surface area contributed by atoms with Crippen molar-refractivity contribution in [2.24, 2.45) is 0 Å². The largest absolute Gasteiger partial charge is 0.478 e. The molecule has 16 heavy (non-hydrogen) atoms. The van der Waals surface area contributed by atoms with E-state index in [1.54, 1.807) is 13.1 Å². The number of carboxylic acid groups (broad SMARTS) is 1. The highest BCUT2D eigenvalue weighted by molar-refractivity contribution is 6.00. The number of rotatable bonds is 2. The standard InChI is InChI=1S/C11H13N3O2/c1-7-3-9(11(15)16)10(6-14(7)2)8-4-12-13-5-8/h3-5H,6H2,1-2H3,(H,12,13)(H,15,16)/i2D3. The van der Waals surface area contributed by atoms with Crippen LogP contribution in [0.2, 0.25) is 0 Å². The maximum absolute atomic E-state index is 11.3. The summed E-state index contributed by atoms with van der Waals surface area (Å²) in [5.41, 5.74) is 1.52. The van der Waals surface area contributed by atoms with Crippen molar-refractivity contribution >= 4 is 11.5 Å². The number of aromatic nitrogens is 2. The summed E-state index contributed by atoms with van der Waals surface area (Å²) in [5, 5.41) is 15.6. The minimum Gasteiger partial charge on any atom is -0.478 e. The number of H-pyrrole nitrogens is 1. The number of carboxylic acids is 1. The van der Waals surface area contributed by atoms with Gasteiger partial charge in [0.15, 0.2) is 0 Å². The van der Waals surface area contributed by atoms with Gasteiger partial charge in [-0.2, -0.15) is 5.10 Å². The number of nitrogens with one attached hydrogen (secondary N) is 1. The first-order valence-electron chi connectivity index (χ1n) is 6.22. The molecule has 0 amide bonds. The van der Waals surface area contributed by atoms with Crippen LogP contribution in [0, 0.1) is 0 Å². The molecule has 2 heterocycles. The third-order valence-electron chi connectivity index (χ3n) is 2.50. The van der Waals surface area contributed by atoms with Crippen molar-refractivity contribution in [1.82, 2.24) is 15.1 Å². The molecule has 0 fully saturated rings. The van der Waals surface area contributed by atoms with E-state index in [-0.39, 0.29) is 12.1 Å². The lowest BCUT2D eigenvalue weighted by atomic mass is 9.98. The van der Waals surface area contributed by atoms with E-state index in [1.807, 2.05) is 0 Å². The highest BCUT2D eigenvalue weighted by Crippen LogP contribution is 2.26. The van der Waals surface area contributed by atoms with Crippen molar-refractivity contribution in [2.45, 2.75) is 6.92 Å². The molecule has 5 nitrogen and oxygen atoms in total. The topological polar surface area (TPSA) is 69.2 Å². The van der Waals surface area contributed by atoms with Crippen molar-refractivity contribution in [2.75, 3.05) is 13.5 Å². The highest BCUT2D eigenvalue weighted by atomic mass is 16.4. The summed E-state index contributed by atoms with van der Waals surface area (Å²) in [6, 6.07) is 0. The molecule has 0 radical (unpaired) electrons. The molecule has 0 bridgehead atoms. The number of hydrogen-bond acceptors (Lipinski definition) is 3. The molecule has 1 aliphatic rings. The minimum absolute atomic E-state index is 0.0139. The Morgan fingerprint density at radius 3 is 3.12 bits per heavy atom. The van der Waals surface area contributed by atoms with E-state index in [4.69, 9.17) is 4.11 Å². The normalized spacial score (nSPS) is 19.9. The summed E-state index contributed by atoms with van der Waals surface area (Å²) in [4.78, 5) is 12.5. The zero-order valence-electron chi connectivity index (χ0n) is 11.7. The first-order chi connectivity index (χ1) is 8.80. The molecule has 84 valence electrons. The molecule has 5 heteroatoms. The second kappa shape index (κ2) is 3.84. The maximum Gasteiger partial charge on any atom is 0.336 e. The molecular weight excluding hydrogens is 206 g/mol. The molecular formula is C11H13N3O2. The van der Waals surface area contributed by atoms with Crippen molar-refractivity contribution in [1.29, 1.82) is 0 Å². The summed E-state index contributed by atoms with van der Waals surface area (Å²) in [5.74, 6) is -1.08. The number of carbonyl (C=O) groups is 1. The van der Waals surface area contributed by atoms with Crippen molar-refractivity contribution < 1.29 is 14.0 Å². The summed E-state index contributed by atoms with van der Waals surface area (Å²) < 4.78 is 22.4. The lowest BCUT2D eigenvalue weighted by Crippen LogP contribution is -2.24. The fourth-order valence-corrected chi connectivity index (χ4v) is 1.60. The maximum atomic E-state index is 11.3. The Morgan fingerprint density at radius 1 is 1.75 bits per heavy atom. The van der Waals surface area contributed by atoms with Crippen LogP contribution in [-0.2, 0) is 4.79 Å². The molecule has 0 atom stereocenters. The van der Waals surface area contributed by atoms with Gasteiger partial charge in [-0.15, -0.1) is 0 Å². The van der Waals surface area contributed by atoms with E-state index in [2.05, 4.69) is 10.2 Å². The van der Waals surface area contributed by atoms with Gasteiger partial charge in [0.1, 0.15) is 0 Å². The number of allylic oxidation sites excluding steroid dienone is 1. The van der Waals surface area contributed by atoms with Gasteiger partial charge in [-0.1, -0.05) is 0 Å². The van der Waals surface area contributed by atoms with E-state index in [9.17, 15) is 9.90 Å². The van der Waals surface area contributed by atoms with E-state index in [1.165, 1.54) is 17.2 Å². The second-order valence-corrected chi connectivity index (χ2v) is 3.56. The second-order valence-electron chi connectivity index (χ2n) is 3.56. The number of likely N-dealkylation sites (N-methyl/N-ethyl adjacent to an activating group) is 1. The summed E-state index contributed by atoms with van der Waals surface area (Å²) in [6.07, 6.45) is 4.40. The third kappa shape index (κ3) is 1.71. The van der Waals surface area contributed by atoms with Gasteiger partial charge in [-0.25, -0.2) is 4.79 Å². The number of nitrogens with zero attached hydrogens (tertiary/aromatic N) is 2. The first-order valence-corrected chi connectivity index (χ1v) is 4.72. The van der Waals surface area contributed by atoms with Gasteiger partial charge in [0.25, 0.3) is 0 Å². The molecule has 1 aromatic heterocycles. The van der Waals surface area contributed by atoms with Crippen LogP contribution in [0.25, 0.3) is 5.57 Å². The lowest BCUT2D eigenvalue weighted by molar-refractivity contribution is -0.132. The van der Waals surface area contributed by atoms with Crippen LogP contribution in [0.4, 0.5) is 0 Å². The molecule has 0 saturated heterocycles. The zero-order chi connectivity index (χ0) is 14.2. The SMILES string of the molecule is [2H]C([2H])([2H])N1CC(c2cn[nH]c2)=C(C(=O)O)C=C1C. The Balaban J connectivity index is 2.51. The molecule has 0 unspecified atom stereocenters. The number of hydrogen-bond donors (Lipinski definition) is 2. The third-order valence-corrected chi connectivity index (χ3v) is 2.50. The Bertz CT molecular complexity index is 558. The van der Waals surface area contributed by atoms with Crippen LogP contribution in [0.5, 0.6) is 0 Å². The van der Waals surface area contributed by atoms with Crippen molar-refractivity contribution in [3.8, 4) is 0 Å². The summed E-state index contributed by atoms with van der Waals surface area (Å²) in [6.45, 7) is -0.707. The quantitative estimate of drug-likeness (QED) is 0.786. The molecule has 0 saturated carbocycles. The van der Waals surface area contributed by atoms with Crippen LogP contribution < -0.4 is 0 Å². The van der Waals surface area contributed by atoms with Gasteiger partial charge in [-0.3, -0.25) is 5.10 Å². The fraction of sp³-hybridized carbons (Fsp3) is 0.273. The first kappa shape index (κ1) is 7.27. The molecule has 1 aromatic rings. The Morgan fingerprint density at radius 2 is 2.56 bits per heavy atom. The lowest BCUT2D eigenvalue weighted by Gasteiger charge is -2.26. The number of aromatic amines is 1. The monoisotopic (exact) mass is 222 g/mol. The zero-order valence-corrected chi connectivity index (χ0v) is 8.69. The van der Waals surface area contributed by atoms with E-state index >= 15 is 0 Å². The predicted molar refractivity (Wildman–Crippen MR) is 59.5 cm³/mol. The van der Waals surface area contributed by atoms with Gasteiger partial charge >= 0.3 is 5.97 Å². The molecule has 1 aliphatic heterocycles. The van der Waals surface area contributed by atoms with E-state index in [0.29, 0.717) is 16.8 Å². The van der Waals surface area contributed by atoms with Crippen LogP contribution in [0.3, 0.4) is 0 Å². The summed E-state index contributed by atoms with van der Waals surface area (Å²) in [7, 11) is 0. The van der Waals surface area contributed by atoms with Crippen LogP contribution in [0.15, 0.2) is 29.7 Å². The van der Waals surface area contributed by atoms with Gasteiger partial charge < -0.3 is 10.0 Å². The fourth-order valence-electron chi connectivity index (χ4n) is 1.60. The molecule has 0 spiro atoms. The number of aliphatic carboxylic acids is 1. The van der Waals surface area contributed by atoms with E-state index < -0.39 is 12.9 Å². The van der Waals surface area contributed by atoms with Gasteiger partial charge in [0.2, 0.25) is 0 Å². The Hall–Kier alpha value is -2.04. The van der Waals surface area contributed by atoms with Gasteiger partial charge in [-0.05, 0) is 18.6 Å². The van der Waals surface area contributed by atoms with Crippen LogP contribution >= 0.6 is 0 Å². The predicted octanol–water partition coefficient (Wildman–Crippen LogP) is 1.10. The van der Waals surface area contributed by atoms with Crippen LogP contribution in [-0.4, -0.2) is 39.7 Å². The molecule has 2 rings (SSSR count). The van der Waals surface area contributed by atoms with Crippen LogP contribution in [0.1, 0.15) is 16.6 Å². The average molecular weight is 222 g/mol. The van der Waals surface area contributed by atoms with Gasteiger partial charge in [0.05, 0.1) is 11.8 Å². The summed E-state index contributed by atoms with van der Waals surface area (Å²) >= 11 is 0. The van der Waals surface area contributed by atoms with Crippen molar-refractivity contribution in [3.63, 3.8) is 0 Å². The molecule has 2 N–H and O–H groups in total. The minimum atomic E-state index is -2.31. The Kier molecular flexibility index (Phi) is 1.75. The highest BCUT2D eigenvalue weighted by Gasteiger charge is 2.21. The van der Waals surface area contributed by atoms with Gasteiger partial charge in [0, 0.05) is 35.1 Å². The Labute approximate surface area is 97.3 Å². The van der Waals surface area contributed by atoms with Crippen molar-refractivity contribution in [3.05, 3.63) is 35.3 Å². The smallest absolute Gasteiger partial charge is 0.336 e. The molecule has 0 aromatic carbocycles. The average Bonchev–Trinajstić information content (AvgIpc) is 2.80.